The van der Waals surface area contributed by atoms with E-state index in [1.54, 1.807) is 26.5 Å². The van der Waals surface area contributed by atoms with Crippen molar-refractivity contribution in [2.75, 3.05) is 27.4 Å². The van der Waals surface area contributed by atoms with Crippen LogP contribution in [0.1, 0.15) is 55.8 Å². The van der Waals surface area contributed by atoms with E-state index in [2.05, 4.69) is 21.2 Å². The fourth-order valence-corrected chi connectivity index (χ4v) is 5.96. The molecule has 1 aliphatic carbocycles. The predicted octanol–water partition coefficient (Wildman–Crippen LogP) is 5.14. The number of benzene rings is 1. The summed E-state index contributed by atoms with van der Waals surface area (Å²) in [5, 5.41) is 3.36. The number of dihydropyridines is 1. The Labute approximate surface area is 224 Å². The number of methoxy groups -OCH3 is 2. The summed E-state index contributed by atoms with van der Waals surface area (Å²) in [6.45, 7) is 2.68. The Morgan fingerprint density at radius 1 is 1.19 bits per heavy atom. The molecule has 0 amide bonds. The molecule has 3 heterocycles. The van der Waals surface area contributed by atoms with E-state index in [1.807, 2.05) is 25.1 Å². The highest BCUT2D eigenvalue weighted by molar-refractivity contribution is 9.10. The second-order valence-corrected chi connectivity index (χ2v) is 10.3. The van der Waals surface area contributed by atoms with Crippen LogP contribution < -0.4 is 14.8 Å². The fraction of sp³-hybridized carbons (Fsp3) is 0.429. The zero-order chi connectivity index (χ0) is 26.1. The van der Waals surface area contributed by atoms with Crippen LogP contribution in [0.5, 0.6) is 11.5 Å². The van der Waals surface area contributed by atoms with Crippen molar-refractivity contribution < 1.29 is 33.0 Å². The highest BCUT2D eigenvalue weighted by Gasteiger charge is 2.43. The van der Waals surface area contributed by atoms with E-state index < -0.39 is 11.9 Å². The highest BCUT2D eigenvalue weighted by atomic mass is 79.9. The number of hydrogen-bond donors (Lipinski definition) is 1. The second kappa shape index (κ2) is 10.8. The van der Waals surface area contributed by atoms with E-state index in [0.29, 0.717) is 51.4 Å². The number of Topliss-reactive ketones (excluding diaryl/α,β-unsaturated/α-hetero) is 1. The van der Waals surface area contributed by atoms with Crippen LogP contribution in [0.3, 0.4) is 0 Å². The van der Waals surface area contributed by atoms with Gasteiger partial charge in [-0.05, 0) is 66.4 Å². The van der Waals surface area contributed by atoms with Gasteiger partial charge in [0.05, 0.1) is 42.6 Å². The zero-order valence-corrected chi connectivity index (χ0v) is 22.7. The topological polar surface area (TPSA) is 96.2 Å². The smallest absolute Gasteiger partial charge is 0.336 e. The third kappa shape index (κ3) is 4.94. The normalized spacial score (nSPS) is 23.6. The fourth-order valence-electron chi connectivity index (χ4n) is 5.48. The standard InChI is InChI=1S/C28H30BrNO7/c1-15-25(28(32)37-14-17-6-4-8-35-17)26(18-12-24(34-3)19(29)13-23(18)33-2)27-20(30-15)10-16(11-21(27)31)22-7-5-9-36-22/h5,7,9,12-13,16-17,26,30H,4,6,8,10-11,14H2,1-3H3/t16-,17+,26-/m0/s1. The number of furan rings is 1. The molecule has 1 aromatic carbocycles. The summed E-state index contributed by atoms with van der Waals surface area (Å²) in [7, 11) is 3.14. The Hall–Kier alpha value is -3.04. The number of hydrogen-bond acceptors (Lipinski definition) is 8. The van der Waals surface area contributed by atoms with E-state index >= 15 is 0 Å². The summed E-state index contributed by atoms with van der Waals surface area (Å²) in [6, 6.07) is 7.33. The summed E-state index contributed by atoms with van der Waals surface area (Å²) >= 11 is 3.51. The van der Waals surface area contributed by atoms with Gasteiger partial charge in [-0.3, -0.25) is 4.79 Å². The molecule has 0 radical (unpaired) electrons. The lowest BCUT2D eigenvalue weighted by atomic mass is 9.72. The Morgan fingerprint density at radius 2 is 2.00 bits per heavy atom. The molecule has 0 unspecified atom stereocenters. The Bertz CT molecular complexity index is 1260. The molecule has 3 aliphatic rings. The van der Waals surface area contributed by atoms with Crippen LogP contribution in [-0.4, -0.2) is 45.3 Å². The lowest BCUT2D eigenvalue weighted by Crippen LogP contribution is -2.36. The van der Waals surface area contributed by atoms with Gasteiger partial charge in [-0.25, -0.2) is 4.79 Å². The minimum atomic E-state index is -0.685. The van der Waals surface area contributed by atoms with Crippen molar-refractivity contribution in [2.45, 2.75) is 50.5 Å². The van der Waals surface area contributed by atoms with Crippen LogP contribution in [-0.2, 0) is 19.1 Å². The first-order chi connectivity index (χ1) is 17.9. The van der Waals surface area contributed by atoms with Gasteiger partial charge in [-0.2, -0.15) is 0 Å². The van der Waals surface area contributed by atoms with Gasteiger partial charge in [0.2, 0.25) is 0 Å². The van der Waals surface area contributed by atoms with E-state index in [-0.39, 0.29) is 30.8 Å². The number of rotatable bonds is 7. The Morgan fingerprint density at radius 3 is 2.68 bits per heavy atom. The summed E-state index contributed by atoms with van der Waals surface area (Å²) < 4.78 is 29.0. The molecular formula is C28H30BrNO7. The van der Waals surface area contributed by atoms with E-state index in [1.165, 1.54) is 0 Å². The summed E-state index contributed by atoms with van der Waals surface area (Å²) in [4.78, 5) is 27.4. The van der Waals surface area contributed by atoms with Gasteiger partial charge in [-0.15, -0.1) is 0 Å². The van der Waals surface area contributed by atoms with E-state index in [0.717, 1.165) is 24.3 Å². The van der Waals surface area contributed by atoms with Crippen LogP contribution in [0.4, 0.5) is 0 Å². The molecule has 0 bridgehead atoms. The van der Waals surface area contributed by atoms with Crippen LogP contribution in [0.2, 0.25) is 0 Å². The molecule has 5 rings (SSSR count). The Balaban J connectivity index is 1.59. The minimum Gasteiger partial charge on any atom is -0.496 e. The van der Waals surface area contributed by atoms with Crippen molar-refractivity contribution in [2.24, 2.45) is 0 Å². The Kier molecular flexibility index (Phi) is 7.44. The van der Waals surface area contributed by atoms with Crippen molar-refractivity contribution in [1.29, 1.82) is 0 Å². The second-order valence-electron chi connectivity index (χ2n) is 9.49. The first-order valence-electron chi connectivity index (χ1n) is 12.4. The van der Waals surface area contributed by atoms with Crippen molar-refractivity contribution in [3.8, 4) is 11.5 Å². The molecule has 3 atom stereocenters. The molecule has 8 nitrogen and oxygen atoms in total. The number of carbonyl (C=O) groups excluding carboxylic acids is 2. The number of nitrogens with one attached hydrogen (secondary N) is 1. The first kappa shape index (κ1) is 25.6. The SMILES string of the molecule is COc1cc([C@H]2C(C(=O)OC[C@H]3CCCO3)=C(C)NC3=C2C(=O)C[C@@H](c2ccco2)C3)c(OC)cc1Br. The molecule has 2 aliphatic heterocycles. The molecule has 0 spiro atoms. The molecular weight excluding hydrogens is 542 g/mol. The van der Waals surface area contributed by atoms with Crippen LogP contribution in [0.15, 0.2) is 62.0 Å². The van der Waals surface area contributed by atoms with Crippen LogP contribution in [0, 0.1) is 0 Å². The van der Waals surface area contributed by atoms with Gasteiger partial charge in [0.25, 0.3) is 0 Å². The number of allylic oxidation sites excluding steroid dienone is 3. The molecule has 1 N–H and O–H groups in total. The summed E-state index contributed by atoms with van der Waals surface area (Å²) in [5.74, 6) is 0.557. The summed E-state index contributed by atoms with van der Waals surface area (Å²) in [6.07, 6.45) is 4.17. The van der Waals surface area contributed by atoms with Gasteiger partial charge in [0, 0.05) is 41.5 Å². The van der Waals surface area contributed by atoms with E-state index in [9.17, 15) is 9.59 Å². The molecule has 196 valence electrons. The van der Waals surface area contributed by atoms with Gasteiger partial charge in [0.1, 0.15) is 23.9 Å². The molecule has 9 heteroatoms. The summed E-state index contributed by atoms with van der Waals surface area (Å²) in [5.41, 5.74) is 2.99. The van der Waals surface area contributed by atoms with Crippen molar-refractivity contribution in [1.82, 2.24) is 5.32 Å². The third-order valence-corrected chi connectivity index (χ3v) is 7.85. The van der Waals surface area contributed by atoms with E-state index in [4.69, 9.17) is 23.4 Å². The maximum absolute atomic E-state index is 13.8. The van der Waals surface area contributed by atoms with Gasteiger partial charge < -0.3 is 28.7 Å². The average molecular weight is 572 g/mol. The average Bonchev–Trinajstić information content (AvgIpc) is 3.61. The van der Waals surface area contributed by atoms with Crippen LogP contribution >= 0.6 is 15.9 Å². The number of ketones is 1. The largest absolute Gasteiger partial charge is 0.496 e. The first-order valence-corrected chi connectivity index (χ1v) is 13.2. The number of carbonyl (C=O) groups is 2. The van der Waals surface area contributed by atoms with Crippen molar-refractivity contribution in [3.63, 3.8) is 0 Å². The van der Waals surface area contributed by atoms with Crippen LogP contribution in [0.25, 0.3) is 0 Å². The third-order valence-electron chi connectivity index (χ3n) is 7.23. The molecule has 1 aromatic heterocycles. The number of halogens is 1. The minimum absolute atomic E-state index is 0.0546. The van der Waals surface area contributed by atoms with Gasteiger partial charge in [0.15, 0.2) is 5.78 Å². The molecule has 1 fully saturated rings. The van der Waals surface area contributed by atoms with Crippen molar-refractivity contribution >= 4 is 27.7 Å². The van der Waals surface area contributed by atoms with Gasteiger partial charge in [-0.1, -0.05) is 0 Å². The van der Waals surface area contributed by atoms with Crippen molar-refractivity contribution in [3.05, 3.63) is 68.9 Å². The van der Waals surface area contributed by atoms with Gasteiger partial charge >= 0.3 is 5.97 Å². The highest BCUT2D eigenvalue weighted by Crippen LogP contribution is 2.49. The maximum atomic E-state index is 13.8. The molecule has 37 heavy (non-hydrogen) atoms. The monoisotopic (exact) mass is 571 g/mol. The lowest BCUT2D eigenvalue weighted by Gasteiger charge is -2.36. The molecule has 0 saturated carbocycles. The quantitative estimate of drug-likeness (QED) is 0.456. The predicted molar refractivity (Wildman–Crippen MR) is 138 cm³/mol. The molecule has 2 aromatic rings. The molecule has 1 saturated heterocycles. The maximum Gasteiger partial charge on any atom is 0.336 e. The number of esters is 1. The zero-order valence-electron chi connectivity index (χ0n) is 21.1. The number of ether oxygens (including phenoxy) is 4. The lowest BCUT2D eigenvalue weighted by molar-refractivity contribution is -0.142.